The molecule has 1 fully saturated rings. The van der Waals surface area contributed by atoms with E-state index in [1.54, 1.807) is 7.11 Å². The van der Waals surface area contributed by atoms with E-state index in [0.29, 0.717) is 33.0 Å². The van der Waals surface area contributed by atoms with E-state index in [2.05, 4.69) is 6.58 Å². The Balaban J connectivity index is 2.11. The van der Waals surface area contributed by atoms with E-state index in [1.807, 2.05) is 20.8 Å². The van der Waals surface area contributed by atoms with Gasteiger partial charge in [0.1, 0.15) is 12.2 Å². The second-order valence-electron chi connectivity index (χ2n) is 5.32. The van der Waals surface area contributed by atoms with Crippen molar-refractivity contribution in [2.24, 2.45) is 0 Å². The van der Waals surface area contributed by atoms with E-state index in [9.17, 15) is 0 Å². The van der Waals surface area contributed by atoms with Crippen molar-refractivity contribution in [3.63, 3.8) is 0 Å². The Kier molecular flexibility index (Phi) is 6.96. The molecule has 0 aromatic rings. The highest BCUT2D eigenvalue weighted by Crippen LogP contribution is 2.22. The van der Waals surface area contributed by atoms with Crippen LogP contribution in [-0.4, -0.2) is 58.1 Å². The van der Waals surface area contributed by atoms with Crippen LogP contribution in [0.1, 0.15) is 20.8 Å². The van der Waals surface area contributed by atoms with Crippen molar-refractivity contribution >= 4 is 0 Å². The highest BCUT2D eigenvalue weighted by molar-refractivity contribution is 4.87. The topological polar surface area (TPSA) is 46.2 Å². The predicted octanol–water partition coefficient (Wildman–Crippen LogP) is 1.76. The van der Waals surface area contributed by atoms with Crippen LogP contribution in [0.5, 0.6) is 0 Å². The maximum atomic E-state index is 5.65. The van der Waals surface area contributed by atoms with Gasteiger partial charge in [0.05, 0.1) is 33.0 Å². The molecule has 1 saturated heterocycles. The summed E-state index contributed by atoms with van der Waals surface area (Å²) in [6, 6.07) is 0. The predicted molar refractivity (Wildman–Crippen MR) is 72.2 cm³/mol. The Bertz CT molecular complexity index is 277. The zero-order chi connectivity index (χ0) is 14.3. The molecule has 1 aliphatic rings. The van der Waals surface area contributed by atoms with Gasteiger partial charge in [-0.15, -0.1) is 0 Å². The molecule has 1 aliphatic heterocycles. The molecule has 0 radical (unpaired) electrons. The Labute approximate surface area is 115 Å². The van der Waals surface area contributed by atoms with Crippen LogP contribution in [0.15, 0.2) is 12.2 Å². The first-order chi connectivity index (χ1) is 8.93. The quantitative estimate of drug-likeness (QED) is 0.600. The minimum Gasteiger partial charge on any atom is -0.377 e. The van der Waals surface area contributed by atoms with Crippen LogP contribution in [-0.2, 0) is 23.7 Å². The lowest BCUT2D eigenvalue weighted by Gasteiger charge is -2.19. The van der Waals surface area contributed by atoms with Gasteiger partial charge in [-0.1, -0.05) is 12.2 Å². The Morgan fingerprint density at radius 1 is 1.37 bits per heavy atom. The molecule has 5 heteroatoms. The summed E-state index contributed by atoms with van der Waals surface area (Å²) >= 11 is 0. The summed E-state index contributed by atoms with van der Waals surface area (Å²) in [6.07, 6.45) is -0.0847. The average molecular weight is 274 g/mol. The molecule has 1 rings (SSSR count). The fourth-order valence-corrected chi connectivity index (χ4v) is 1.72. The summed E-state index contributed by atoms with van der Waals surface area (Å²) in [4.78, 5) is 0. The molecule has 0 saturated carbocycles. The SMILES string of the molecule is C=C(C)COCC(COCC1COC(C)(C)O1)OC. The fourth-order valence-electron chi connectivity index (χ4n) is 1.72. The van der Waals surface area contributed by atoms with Gasteiger partial charge in [0.2, 0.25) is 0 Å². The number of ether oxygens (including phenoxy) is 5. The molecule has 0 bridgehead atoms. The minimum absolute atomic E-state index is 0.0103. The number of rotatable bonds is 9. The standard InChI is InChI=1S/C14H26O5/c1-11(2)6-16-7-12(15-5)8-17-9-13-10-18-14(3,4)19-13/h12-13H,1,6-10H2,2-5H3. The summed E-state index contributed by atoms with van der Waals surface area (Å²) in [7, 11) is 1.65. The van der Waals surface area contributed by atoms with Crippen molar-refractivity contribution in [3.8, 4) is 0 Å². The number of hydrogen-bond donors (Lipinski definition) is 0. The number of hydrogen-bond acceptors (Lipinski definition) is 5. The highest BCUT2D eigenvalue weighted by Gasteiger charge is 2.32. The fraction of sp³-hybridized carbons (Fsp3) is 0.857. The first-order valence-electron chi connectivity index (χ1n) is 6.57. The van der Waals surface area contributed by atoms with Gasteiger partial charge >= 0.3 is 0 Å². The molecule has 0 amide bonds. The van der Waals surface area contributed by atoms with E-state index in [1.165, 1.54) is 0 Å². The molecule has 0 N–H and O–H groups in total. The van der Waals surface area contributed by atoms with Crippen molar-refractivity contribution in [2.75, 3.05) is 40.1 Å². The first kappa shape index (κ1) is 16.6. The zero-order valence-corrected chi connectivity index (χ0v) is 12.4. The smallest absolute Gasteiger partial charge is 0.163 e. The summed E-state index contributed by atoms with van der Waals surface area (Å²) < 4.78 is 27.4. The van der Waals surface area contributed by atoms with Gasteiger partial charge in [0.25, 0.3) is 0 Å². The molecule has 0 aromatic heterocycles. The second kappa shape index (κ2) is 7.97. The zero-order valence-electron chi connectivity index (χ0n) is 12.4. The Hall–Kier alpha value is -0.460. The molecular weight excluding hydrogens is 248 g/mol. The van der Waals surface area contributed by atoms with E-state index in [4.69, 9.17) is 23.7 Å². The summed E-state index contributed by atoms with van der Waals surface area (Å²) in [5.74, 6) is -0.501. The Morgan fingerprint density at radius 3 is 2.58 bits per heavy atom. The van der Waals surface area contributed by atoms with Gasteiger partial charge in [-0.3, -0.25) is 0 Å². The minimum atomic E-state index is -0.501. The molecule has 0 aromatic carbocycles. The van der Waals surface area contributed by atoms with E-state index < -0.39 is 5.79 Å². The average Bonchev–Trinajstić information content (AvgIpc) is 2.66. The van der Waals surface area contributed by atoms with Crippen molar-refractivity contribution < 1.29 is 23.7 Å². The third-order valence-corrected chi connectivity index (χ3v) is 2.66. The maximum absolute atomic E-state index is 5.65. The van der Waals surface area contributed by atoms with Crippen LogP contribution in [0.25, 0.3) is 0 Å². The Morgan fingerprint density at radius 2 is 2.05 bits per heavy atom. The maximum Gasteiger partial charge on any atom is 0.163 e. The monoisotopic (exact) mass is 274 g/mol. The van der Waals surface area contributed by atoms with Gasteiger partial charge < -0.3 is 23.7 Å². The third-order valence-electron chi connectivity index (χ3n) is 2.66. The van der Waals surface area contributed by atoms with Crippen molar-refractivity contribution in [1.29, 1.82) is 0 Å². The first-order valence-corrected chi connectivity index (χ1v) is 6.57. The summed E-state index contributed by atoms with van der Waals surface area (Å²) in [5, 5.41) is 0. The van der Waals surface area contributed by atoms with Crippen LogP contribution in [0, 0.1) is 0 Å². The van der Waals surface area contributed by atoms with Crippen LogP contribution >= 0.6 is 0 Å². The highest BCUT2D eigenvalue weighted by atomic mass is 16.7. The molecule has 0 spiro atoms. The lowest BCUT2D eigenvalue weighted by molar-refractivity contribution is -0.147. The van der Waals surface area contributed by atoms with Crippen molar-refractivity contribution in [3.05, 3.63) is 12.2 Å². The lowest BCUT2D eigenvalue weighted by Crippen LogP contribution is -2.29. The van der Waals surface area contributed by atoms with E-state index >= 15 is 0 Å². The van der Waals surface area contributed by atoms with Crippen LogP contribution in [0.2, 0.25) is 0 Å². The molecule has 2 atom stereocenters. The van der Waals surface area contributed by atoms with Gasteiger partial charge in [-0.05, 0) is 20.8 Å². The largest absolute Gasteiger partial charge is 0.377 e. The third kappa shape index (κ3) is 7.03. The van der Waals surface area contributed by atoms with Crippen LogP contribution in [0.4, 0.5) is 0 Å². The second-order valence-corrected chi connectivity index (χ2v) is 5.32. The van der Waals surface area contributed by atoms with Crippen LogP contribution in [0.3, 0.4) is 0 Å². The van der Waals surface area contributed by atoms with Crippen molar-refractivity contribution in [2.45, 2.75) is 38.8 Å². The van der Waals surface area contributed by atoms with Crippen LogP contribution < -0.4 is 0 Å². The van der Waals surface area contributed by atoms with Gasteiger partial charge in [0, 0.05) is 7.11 Å². The van der Waals surface area contributed by atoms with Gasteiger partial charge in [-0.2, -0.15) is 0 Å². The van der Waals surface area contributed by atoms with Gasteiger partial charge in [-0.25, -0.2) is 0 Å². The van der Waals surface area contributed by atoms with E-state index in [0.717, 1.165) is 5.57 Å². The number of methoxy groups -OCH3 is 1. The molecule has 5 nitrogen and oxygen atoms in total. The normalized spacial score (nSPS) is 23.5. The van der Waals surface area contributed by atoms with Gasteiger partial charge in [0.15, 0.2) is 5.79 Å². The van der Waals surface area contributed by atoms with Crippen molar-refractivity contribution in [1.82, 2.24) is 0 Å². The molecule has 112 valence electrons. The molecular formula is C14H26O5. The summed E-state index contributed by atoms with van der Waals surface area (Å²) in [5.41, 5.74) is 0.995. The lowest BCUT2D eigenvalue weighted by atomic mass is 10.3. The van der Waals surface area contributed by atoms with E-state index in [-0.39, 0.29) is 12.2 Å². The molecule has 0 aliphatic carbocycles. The molecule has 2 unspecified atom stereocenters. The molecule has 1 heterocycles. The summed E-state index contributed by atoms with van der Waals surface area (Å²) in [6.45, 7) is 12.1. The molecule has 19 heavy (non-hydrogen) atoms.